The van der Waals surface area contributed by atoms with E-state index < -0.39 is 0 Å². The molecule has 0 atom stereocenters. The summed E-state index contributed by atoms with van der Waals surface area (Å²) in [5.74, 6) is 0. The second-order valence-electron chi connectivity index (χ2n) is 2.77. The van der Waals surface area contributed by atoms with Crippen molar-refractivity contribution >= 4 is 12.2 Å². The third kappa shape index (κ3) is 1.81. The number of rotatable bonds is 1. The van der Waals surface area contributed by atoms with Gasteiger partial charge >= 0.3 is 0 Å². The molecular weight excluding hydrogens is 135 g/mol. The van der Waals surface area contributed by atoms with Crippen molar-refractivity contribution in [3.8, 4) is 6.07 Å². The van der Waals surface area contributed by atoms with E-state index in [4.69, 9.17) is 5.26 Å². The lowest BCUT2D eigenvalue weighted by molar-refractivity contribution is 1.32. The summed E-state index contributed by atoms with van der Waals surface area (Å²) in [7, 11) is 0. The van der Waals surface area contributed by atoms with Gasteiger partial charge in [-0.2, -0.15) is 5.26 Å². The Morgan fingerprint density at radius 1 is 1.45 bits per heavy atom. The van der Waals surface area contributed by atoms with Gasteiger partial charge in [0, 0.05) is 12.4 Å². The maximum absolute atomic E-state index is 8.55. The van der Waals surface area contributed by atoms with Gasteiger partial charge in [-0.05, 0) is 6.07 Å². The monoisotopic (exact) mass is 144 g/mol. The highest BCUT2D eigenvalue weighted by atomic mass is 14.6. The Balaban J connectivity index is 3.03. The first-order valence-electron chi connectivity index (χ1n) is 3.59. The number of pyridine rings is 1. The molecule has 0 aliphatic rings. The van der Waals surface area contributed by atoms with Gasteiger partial charge in [-0.1, -0.05) is 19.1 Å². The van der Waals surface area contributed by atoms with Crippen LogP contribution in [-0.4, -0.2) is 11.7 Å². The van der Waals surface area contributed by atoms with Gasteiger partial charge in [0.25, 0.3) is 0 Å². The molecule has 0 aliphatic carbocycles. The molecule has 0 spiro atoms. The van der Waals surface area contributed by atoms with Crippen molar-refractivity contribution < 1.29 is 0 Å². The molecule has 2 nitrogen and oxygen atoms in total. The van der Waals surface area contributed by atoms with Crippen LogP contribution in [0.25, 0.3) is 0 Å². The van der Waals surface area contributed by atoms with Crippen molar-refractivity contribution in [2.24, 2.45) is 0 Å². The topological polar surface area (TPSA) is 36.7 Å². The van der Waals surface area contributed by atoms with E-state index in [9.17, 15) is 0 Å². The van der Waals surface area contributed by atoms with Gasteiger partial charge in [0.1, 0.15) is 6.07 Å². The molecule has 0 N–H and O–H groups in total. The van der Waals surface area contributed by atoms with E-state index >= 15 is 0 Å². The van der Waals surface area contributed by atoms with Crippen LogP contribution in [0.3, 0.4) is 0 Å². The van der Waals surface area contributed by atoms with Crippen LogP contribution < -0.4 is 5.46 Å². The SMILES string of the molecule is CB(C)c1cncc(C#N)c1. The Morgan fingerprint density at radius 2 is 2.18 bits per heavy atom. The smallest absolute Gasteiger partial charge is 0.171 e. The van der Waals surface area contributed by atoms with Gasteiger partial charge in [0.05, 0.1) is 5.56 Å². The summed E-state index contributed by atoms with van der Waals surface area (Å²) in [4.78, 5) is 3.95. The molecule has 0 aliphatic heterocycles. The third-order valence-corrected chi connectivity index (χ3v) is 1.56. The molecule has 0 saturated heterocycles. The first kappa shape index (κ1) is 7.81. The first-order valence-corrected chi connectivity index (χ1v) is 3.59. The van der Waals surface area contributed by atoms with Crippen LogP contribution in [0.15, 0.2) is 18.5 Å². The Labute approximate surface area is 67.0 Å². The predicted octanol–water partition coefficient (Wildman–Crippen LogP) is 0.915. The predicted molar refractivity (Wildman–Crippen MR) is 46.1 cm³/mol. The van der Waals surface area contributed by atoms with E-state index in [2.05, 4.69) is 24.7 Å². The molecule has 0 saturated carbocycles. The van der Waals surface area contributed by atoms with Gasteiger partial charge < -0.3 is 0 Å². The molecule has 0 unspecified atom stereocenters. The van der Waals surface area contributed by atoms with Gasteiger partial charge in [0.2, 0.25) is 0 Å². The molecule has 1 aromatic rings. The highest BCUT2D eigenvalue weighted by Gasteiger charge is 2.02. The Morgan fingerprint density at radius 3 is 2.73 bits per heavy atom. The Kier molecular flexibility index (Phi) is 2.27. The molecule has 0 radical (unpaired) electrons. The quantitative estimate of drug-likeness (QED) is 0.549. The minimum Gasteiger partial charge on any atom is -0.264 e. The Bertz CT molecular complexity index is 288. The summed E-state index contributed by atoms with van der Waals surface area (Å²) in [6.45, 7) is 4.60. The van der Waals surface area contributed by atoms with E-state index in [1.54, 1.807) is 12.4 Å². The van der Waals surface area contributed by atoms with Crippen LogP contribution in [0, 0.1) is 11.3 Å². The number of aromatic nitrogens is 1. The number of hydrogen-bond donors (Lipinski definition) is 0. The summed E-state index contributed by atoms with van der Waals surface area (Å²) in [6.07, 6.45) is 3.37. The summed E-state index contributed by atoms with van der Waals surface area (Å²) in [6, 6.07) is 3.93. The number of nitrogens with zero attached hydrogens (tertiary/aromatic N) is 2. The molecule has 1 aromatic heterocycles. The second-order valence-corrected chi connectivity index (χ2v) is 2.77. The molecule has 54 valence electrons. The summed E-state index contributed by atoms with van der Waals surface area (Å²) in [5, 5.41) is 8.55. The standard InChI is InChI=1S/C8H9BN2/c1-9(2)8-3-7(4-10)5-11-6-8/h3,5-6H,1-2H3. The summed E-state index contributed by atoms with van der Waals surface area (Å²) in [5.41, 5.74) is 1.75. The van der Waals surface area contributed by atoms with Gasteiger partial charge in [0.15, 0.2) is 6.71 Å². The van der Waals surface area contributed by atoms with Gasteiger partial charge in [-0.25, -0.2) is 0 Å². The maximum Gasteiger partial charge on any atom is 0.171 e. The summed E-state index contributed by atoms with van der Waals surface area (Å²) < 4.78 is 0. The number of hydrogen-bond acceptors (Lipinski definition) is 2. The lowest BCUT2D eigenvalue weighted by Gasteiger charge is -1.99. The fraction of sp³-hybridized carbons (Fsp3) is 0.250. The zero-order chi connectivity index (χ0) is 8.27. The zero-order valence-electron chi connectivity index (χ0n) is 6.70. The van der Waals surface area contributed by atoms with Crippen LogP contribution in [0.1, 0.15) is 5.56 Å². The van der Waals surface area contributed by atoms with E-state index in [0.717, 1.165) is 5.46 Å². The molecule has 1 rings (SSSR count). The summed E-state index contributed by atoms with van der Waals surface area (Å²) >= 11 is 0. The third-order valence-electron chi connectivity index (χ3n) is 1.56. The largest absolute Gasteiger partial charge is 0.264 e. The Hall–Kier alpha value is -1.30. The molecular formula is C8H9BN2. The van der Waals surface area contributed by atoms with E-state index in [-0.39, 0.29) is 0 Å². The van der Waals surface area contributed by atoms with Crippen LogP contribution in [0.2, 0.25) is 13.6 Å². The molecule has 11 heavy (non-hydrogen) atoms. The zero-order valence-corrected chi connectivity index (χ0v) is 6.70. The van der Waals surface area contributed by atoms with E-state index in [1.165, 1.54) is 0 Å². The van der Waals surface area contributed by atoms with Crippen molar-refractivity contribution in [1.82, 2.24) is 4.98 Å². The average molecular weight is 144 g/mol. The molecule has 0 aromatic carbocycles. The van der Waals surface area contributed by atoms with Gasteiger partial charge in [-0.3, -0.25) is 4.98 Å². The van der Waals surface area contributed by atoms with Crippen LogP contribution >= 0.6 is 0 Å². The molecule has 1 heterocycles. The second kappa shape index (κ2) is 3.20. The van der Waals surface area contributed by atoms with Crippen molar-refractivity contribution in [3.05, 3.63) is 24.0 Å². The average Bonchev–Trinajstić information content (AvgIpc) is 2.05. The molecule has 0 bridgehead atoms. The number of nitriles is 1. The lowest BCUT2D eigenvalue weighted by Crippen LogP contribution is -2.23. The fourth-order valence-corrected chi connectivity index (χ4v) is 0.835. The highest BCUT2D eigenvalue weighted by molar-refractivity contribution is 6.70. The fourth-order valence-electron chi connectivity index (χ4n) is 0.835. The van der Waals surface area contributed by atoms with E-state index in [1.807, 2.05) is 6.07 Å². The van der Waals surface area contributed by atoms with E-state index in [0.29, 0.717) is 12.3 Å². The molecule has 0 amide bonds. The molecule has 3 heteroatoms. The van der Waals surface area contributed by atoms with Crippen molar-refractivity contribution in [2.45, 2.75) is 13.6 Å². The van der Waals surface area contributed by atoms with Crippen molar-refractivity contribution in [1.29, 1.82) is 5.26 Å². The van der Waals surface area contributed by atoms with Crippen molar-refractivity contribution in [3.63, 3.8) is 0 Å². The van der Waals surface area contributed by atoms with Crippen LogP contribution in [0.4, 0.5) is 0 Å². The van der Waals surface area contributed by atoms with Crippen molar-refractivity contribution in [2.75, 3.05) is 0 Å². The first-order chi connectivity index (χ1) is 5.24. The highest BCUT2D eigenvalue weighted by Crippen LogP contribution is 1.91. The minimum atomic E-state index is 0.441. The maximum atomic E-state index is 8.55. The lowest BCUT2D eigenvalue weighted by atomic mass is 9.50. The van der Waals surface area contributed by atoms with Gasteiger partial charge in [-0.15, -0.1) is 0 Å². The molecule has 0 fully saturated rings. The minimum absolute atomic E-state index is 0.441. The van der Waals surface area contributed by atoms with Crippen LogP contribution in [-0.2, 0) is 0 Å². The normalized spacial score (nSPS) is 8.82. The van der Waals surface area contributed by atoms with Crippen LogP contribution in [0.5, 0.6) is 0 Å².